The fraction of sp³-hybridized carbons (Fsp3) is 0.385. The molecule has 1 heterocycles. The van der Waals surface area contributed by atoms with Crippen molar-refractivity contribution in [3.8, 4) is 0 Å². The Morgan fingerprint density at radius 3 is 3.00 bits per heavy atom. The van der Waals surface area contributed by atoms with Crippen molar-refractivity contribution in [1.29, 1.82) is 0 Å². The lowest BCUT2D eigenvalue weighted by atomic mass is 10.1. The van der Waals surface area contributed by atoms with Gasteiger partial charge in [-0.3, -0.25) is 9.69 Å². The summed E-state index contributed by atoms with van der Waals surface area (Å²) in [6.45, 7) is 1.74. The van der Waals surface area contributed by atoms with E-state index in [2.05, 4.69) is 5.32 Å². The van der Waals surface area contributed by atoms with Crippen LogP contribution in [0.4, 0.5) is 4.39 Å². The number of aromatic carboxylic acids is 1. The van der Waals surface area contributed by atoms with Crippen LogP contribution in [-0.2, 0) is 11.3 Å². The van der Waals surface area contributed by atoms with Gasteiger partial charge in [0.2, 0.25) is 5.91 Å². The number of carbonyl (C=O) groups is 2. The first kappa shape index (κ1) is 13.5. The number of halogens is 1. The highest BCUT2D eigenvalue weighted by molar-refractivity contribution is 5.87. The van der Waals surface area contributed by atoms with Crippen LogP contribution in [0.25, 0.3) is 0 Å². The predicted molar refractivity (Wildman–Crippen MR) is 66.3 cm³/mol. The van der Waals surface area contributed by atoms with Gasteiger partial charge in [-0.1, -0.05) is 0 Å². The standard InChI is InChI=1S/C13H15FN2O3/c14-11-3-2-9(13(18)19)6-10(11)7-16-5-1-4-15-12(17)8-16/h2-3,6H,1,4-5,7-8H2,(H,15,17)(H,18,19). The summed E-state index contributed by atoms with van der Waals surface area (Å²) in [4.78, 5) is 24.1. The average Bonchev–Trinajstić information content (AvgIpc) is 2.56. The van der Waals surface area contributed by atoms with E-state index >= 15 is 0 Å². The molecule has 1 aromatic rings. The zero-order valence-electron chi connectivity index (χ0n) is 10.4. The van der Waals surface area contributed by atoms with E-state index in [0.717, 1.165) is 12.5 Å². The van der Waals surface area contributed by atoms with Crippen molar-refractivity contribution in [2.24, 2.45) is 0 Å². The first-order chi connectivity index (χ1) is 9.06. The van der Waals surface area contributed by atoms with E-state index in [-0.39, 0.29) is 24.6 Å². The van der Waals surface area contributed by atoms with Crippen molar-refractivity contribution in [2.75, 3.05) is 19.6 Å². The van der Waals surface area contributed by atoms with Crippen LogP contribution in [-0.4, -0.2) is 41.5 Å². The number of nitrogens with zero attached hydrogens (tertiary/aromatic N) is 1. The lowest BCUT2D eigenvalue weighted by Gasteiger charge is -2.19. The van der Waals surface area contributed by atoms with Crippen LogP contribution in [0.5, 0.6) is 0 Å². The molecule has 19 heavy (non-hydrogen) atoms. The van der Waals surface area contributed by atoms with Crippen LogP contribution < -0.4 is 5.32 Å². The zero-order valence-corrected chi connectivity index (χ0v) is 10.4. The lowest BCUT2D eigenvalue weighted by Crippen LogP contribution is -2.32. The van der Waals surface area contributed by atoms with E-state index in [9.17, 15) is 14.0 Å². The van der Waals surface area contributed by atoms with Gasteiger partial charge >= 0.3 is 5.97 Å². The van der Waals surface area contributed by atoms with E-state index in [1.165, 1.54) is 12.1 Å². The van der Waals surface area contributed by atoms with E-state index < -0.39 is 11.8 Å². The first-order valence-electron chi connectivity index (χ1n) is 6.07. The molecule has 2 N–H and O–H groups in total. The fourth-order valence-electron chi connectivity index (χ4n) is 2.07. The molecular weight excluding hydrogens is 251 g/mol. The number of carboxylic acid groups (broad SMARTS) is 1. The minimum atomic E-state index is -1.09. The van der Waals surface area contributed by atoms with E-state index in [0.29, 0.717) is 18.7 Å². The molecule has 2 rings (SSSR count). The van der Waals surface area contributed by atoms with Gasteiger partial charge in [-0.15, -0.1) is 0 Å². The number of hydrogen-bond acceptors (Lipinski definition) is 3. The van der Waals surface area contributed by atoms with E-state index in [4.69, 9.17) is 5.11 Å². The third kappa shape index (κ3) is 3.51. The molecule has 1 aliphatic heterocycles. The molecule has 1 saturated heterocycles. The Labute approximate surface area is 110 Å². The van der Waals surface area contributed by atoms with Crippen molar-refractivity contribution in [3.63, 3.8) is 0 Å². The van der Waals surface area contributed by atoms with Crippen molar-refractivity contribution >= 4 is 11.9 Å². The highest BCUT2D eigenvalue weighted by Gasteiger charge is 2.17. The summed E-state index contributed by atoms with van der Waals surface area (Å²) in [6, 6.07) is 3.70. The molecule has 5 nitrogen and oxygen atoms in total. The van der Waals surface area contributed by atoms with Gasteiger partial charge in [-0.2, -0.15) is 0 Å². The van der Waals surface area contributed by atoms with Gasteiger partial charge in [0.25, 0.3) is 0 Å². The maximum Gasteiger partial charge on any atom is 0.335 e. The molecule has 102 valence electrons. The third-order valence-electron chi connectivity index (χ3n) is 3.03. The molecule has 0 spiro atoms. The van der Waals surface area contributed by atoms with Crippen LogP contribution in [0.1, 0.15) is 22.3 Å². The van der Waals surface area contributed by atoms with Gasteiger partial charge in [-0.05, 0) is 24.6 Å². The van der Waals surface area contributed by atoms with Gasteiger partial charge in [0, 0.05) is 25.2 Å². The number of benzene rings is 1. The topological polar surface area (TPSA) is 69.6 Å². The second-order valence-corrected chi connectivity index (χ2v) is 4.53. The summed E-state index contributed by atoms with van der Waals surface area (Å²) in [7, 11) is 0. The Balaban J connectivity index is 2.15. The summed E-state index contributed by atoms with van der Waals surface area (Å²) in [6.07, 6.45) is 0.798. The lowest BCUT2D eigenvalue weighted by molar-refractivity contribution is -0.121. The summed E-state index contributed by atoms with van der Waals surface area (Å²) < 4.78 is 13.7. The first-order valence-corrected chi connectivity index (χ1v) is 6.07. The number of nitrogens with one attached hydrogen (secondary N) is 1. The maximum absolute atomic E-state index is 13.7. The number of carboxylic acids is 1. The molecule has 0 unspecified atom stereocenters. The van der Waals surface area contributed by atoms with Gasteiger partial charge in [-0.25, -0.2) is 9.18 Å². The molecule has 0 bridgehead atoms. The second-order valence-electron chi connectivity index (χ2n) is 4.53. The number of amides is 1. The molecule has 0 radical (unpaired) electrons. The summed E-state index contributed by atoms with van der Waals surface area (Å²) >= 11 is 0. The molecule has 0 aromatic heterocycles. The van der Waals surface area contributed by atoms with Crippen LogP contribution in [0.15, 0.2) is 18.2 Å². The SMILES string of the molecule is O=C1CN(Cc2cc(C(=O)O)ccc2F)CCCN1. The molecule has 0 aliphatic carbocycles. The summed E-state index contributed by atoms with van der Waals surface area (Å²) in [5.41, 5.74) is 0.352. The monoisotopic (exact) mass is 266 g/mol. The largest absolute Gasteiger partial charge is 0.478 e. The average molecular weight is 266 g/mol. The van der Waals surface area contributed by atoms with E-state index in [1.807, 2.05) is 4.90 Å². The summed E-state index contributed by atoms with van der Waals surface area (Å²) in [5, 5.41) is 11.6. The maximum atomic E-state index is 13.7. The van der Waals surface area contributed by atoms with Gasteiger partial charge in [0.1, 0.15) is 5.82 Å². The van der Waals surface area contributed by atoms with Gasteiger partial charge < -0.3 is 10.4 Å². The predicted octanol–water partition coefficient (Wildman–Crippen LogP) is 0.846. The quantitative estimate of drug-likeness (QED) is 0.851. The van der Waals surface area contributed by atoms with Crippen molar-refractivity contribution < 1.29 is 19.1 Å². The minimum absolute atomic E-state index is 0.0515. The highest BCUT2D eigenvalue weighted by atomic mass is 19.1. The molecule has 1 amide bonds. The fourth-order valence-corrected chi connectivity index (χ4v) is 2.07. The molecule has 1 aromatic carbocycles. The Kier molecular flexibility index (Phi) is 4.11. The Morgan fingerprint density at radius 2 is 2.26 bits per heavy atom. The van der Waals surface area contributed by atoms with Crippen LogP contribution in [0.2, 0.25) is 0 Å². The molecule has 0 saturated carbocycles. The number of rotatable bonds is 3. The smallest absolute Gasteiger partial charge is 0.335 e. The van der Waals surface area contributed by atoms with Crippen LogP contribution >= 0.6 is 0 Å². The molecule has 1 aliphatic rings. The third-order valence-corrected chi connectivity index (χ3v) is 3.03. The molecule has 1 fully saturated rings. The van der Waals surface area contributed by atoms with Crippen LogP contribution in [0.3, 0.4) is 0 Å². The Hall–Kier alpha value is -1.95. The Morgan fingerprint density at radius 1 is 1.47 bits per heavy atom. The van der Waals surface area contributed by atoms with Crippen molar-refractivity contribution in [3.05, 3.63) is 35.1 Å². The highest BCUT2D eigenvalue weighted by Crippen LogP contribution is 2.14. The molecular formula is C13H15FN2O3. The van der Waals surface area contributed by atoms with E-state index in [1.54, 1.807) is 0 Å². The molecule has 0 atom stereocenters. The normalized spacial score (nSPS) is 16.8. The van der Waals surface area contributed by atoms with Crippen LogP contribution in [0, 0.1) is 5.82 Å². The number of carbonyl (C=O) groups excluding carboxylic acids is 1. The van der Waals surface area contributed by atoms with Crippen molar-refractivity contribution in [1.82, 2.24) is 10.2 Å². The summed E-state index contributed by atoms with van der Waals surface area (Å²) in [5.74, 6) is -1.63. The Bertz CT molecular complexity index is 505. The van der Waals surface area contributed by atoms with Crippen molar-refractivity contribution in [2.45, 2.75) is 13.0 Å². The second kappa shape index (κ2) is 5.79. The van der Waals surface area contributed by atoms with Gasteiger partial charge in [0.05, 0.1) is 12.1 Å². The zero-order chi connectivity index (χ0) is 13.8. The number of hydrogen-bond donors (Lipinski definition) is 2. The molecule has 6 heteroatoms. The van der Waals surface area contributed by atoms with Gasteiger partial charge in [0.15, 0.2) is 0 Å². The minimum Gasteiger partial charge on any atom is -0.478 e.